The largest absolute Gasteiger partial charge is 0.491 e. The molecule has 0 saturated carbocycles. The lowest BCUT2D eigenvalue weighted by molar-refractivity contribution is 0.290. The molecule has 0 N–H and O–H groups in total. The van der Waals surface area contributed by atoms with Crippen molar-refractivity contribution in [2.75, 3.05) is 6.61 Å². The lowest BCUT2D eigenvalue weighted by Gasteiger charge is -2.14. The maximum Gasteiger partial charge on any atom is 0.165 e. The second kappa shape index (κ2) is 15.4. The van der Waals surface area contributed by atoms with Crippen LogP contribution in [0.4, 0.5) is 8.78 Å². The maximum absolute atomic E-state index is 15.2. The van der Waals surface area contributed by atoms with E-state index in [4.69, 9.17) is 4.74 Å². The highest BCUT2D eigenvalue weighted by atomic mass is 19.1. The van der Waals surface area contributed by atoms with Crippen LogP contribution in [0.15, 0.2) is 60.7 Å². The van der Waals surface area contributed by atoms with Crippen molar-refractivity contribution < 1.29 is 13.5 Å². The Bertz CT molecular complexity index is 1060. The van der Waals surface area contributed by atoms with E-state index in [-0.39, 0.29) is 17.4 Å². The molecule has 0 aliphatic carbocycles. The number of hydrogen-bond acceptors (Lipinski definition) is 1. The molecule has 0 unspecified atom stereocenters. The summed E-state index contributed by atoms with van der Waals surface area (Å²) in [6, 6.07) is 18.2. The Kier molecular flexibility index (Phi) is 12.0. The van der Waals surface area contributed by atoms with Gasteiger partial charge in [-0.2, -0.15) is 0 Å². The summed E-state index contributed by atoms with van der Waals surface area (Å²) in [6.45, 7) is 4.94. The number of halogens is 2. The van der Waals surface area contributed by atoms with Gasteiger partial charge in [-0.3, -0.25) is 0 Å². The highest BCUT2D eigenvalue weighted by Crippen LogP contribution is 2.35. The van der Waals surface area contributed by atoms with E-state index in [0.717, 1.165) is 47.9 Å². The molecule has 3 heteroatoms. The summed E-state index contributed by atoms with van der Waals surface area (Å²) in [5.41, 5.74) is 3.87. The van der Waals surface area contributed by atoms with Crippen molar-refractivity contribution in [2.24, 2.45) is 0 Å². The van der Waals surface area contributed by atoms with Gasteiger partial charge in [-0.05, 0) is 59.7 Å². The Hall–Kier alpha value is -2.68. The average Bonchev–Trinajstić information content (AvgIpc) is 2.89. The van der Waals surface area contributed by atoms with E-state index in [9.17, 15) is 4.39 Å². The van der Waals surface area contributed by atoms with Crippen LogP contribution in [-0.4, -0.2) is 6.61 Å². The van der Waals surface area contributed by atoms with Gasteiger partial charge in [-0.1, -0.05) is 114 Å². The molecule has 0 heterocycles. The van der Waals surface area contributed by atoms with E-state index in [2.05, 4.69) is 13.8 Å². The van der Waals surface area contributed by atoms with Gasteiger partial charge in [0, 0.05) is 5.56 Å². The Morgan fingerprint density at radius 2 is 1.25 bits per heavy atom. The van der Waals surface area contributed by atoms with Crippen LogP contribution in [0.5, 0.6) is 5.75 Å². The third-order valence-electron chi connectivity index (χ3n) is 6.82. The van der Waals surface area contributed by atoms with E-state index in [1.165, 1.54) is 57.4 Å². The number of rotatable bonds is 16. The molecule has 0 aromatic heterocycles. The zero-order chi connectivity index (χ0) is 25.6. The number of ether oxygens (including phenoxy) is 1. The zero-order valence-corrected chi connectivity index (χ0v) is 22.1. The first-order valence-electron chi connectivity index (χ1n) is 13.9. The lowest BCUT2D eigenvalue weighted by Crippen LogP contribution is -1.99. The van der Waals surface area contributed by atoms with E-state index in [1.807, 2.05) is 42.5 Å². The molecule has 3 rings (SSSR count). The summed E-state index contributed by atoms with van der Waals surface area (Å²) in [5, 5.41) is 0. The summed E-state index contributed by atoms with van der Waals surface area (Å²) in [7, 11) is 0. The van der Waals surface area contributed by atoms with Crippen LogP contribution < -0.4 is 4.74 Å². The third kappa shape index (κ3) is 8.47. The van der Waals surface area contributed by atoms with Crippen molar-refractivity contribution >= 4 is 0 Å². The molecule has 0 aliphatic rings. The van der Waals surface area contributed by atoms with Gasteiger partial charge in [0.15, 0.2) is 11.6 Å². The molecule has 0 fully saturated rings. The summed E-state index contributed by atoms with van der Waals surface area (Å²) in [4.78, 5) is 0. The standard InChI is InChI=1S/C33H42F2O/c1-3-5-7-9-11-15-23-36-33-22-20-27(25-32(33)35)28-17-13-14-18-29(28)30-21-19-26(24-31(30)34)16-12-10-8-6-4-2/h13-14,17-22,24-25H,3-12,15-16,23H2,1-2H3. The fourth-order valence-electron chi connectivity index (χ4n) is 4.68. The number of aryl methyl sites for hydroxylation is 1. The first-order chi connectivity index (χ1) is 17.6. The van der Waals surface area contributed by atoms with Crippen LogP contribution in [0, 0.1) is 11.6 Å². The SMILES string of the molecule is CCCCCCCCOc1ccc(-c2ccccc2-c2ccc(CCCCCCC)cc2F)cc1F. The predicted molar refractivity (Wildman–Crippen MR) is 149 cm³/mol. The van der Waals surface area contributed by atoms with Crippen LogP contribution in [-0.2, 0) is 6.42 Å². The predicted octanol–water partition coefficient (Wildman–Crippen LogP) is 10.6. The number of benzene rings is 3. The molecule has 194 valence electrons. The van der Waals surface area contributed by atoms with Gasteiger partial charge in [-0.15, -0.1) is 0 Å². The van der Waals surface area contributed by atoms with Gasteiger partial charge < -0.3 is 4.74 Å². The summed E-state index contributed by atoms with van der Waals surface area (Å²) in [5.74, 6) is -0.334. The molecular weight excluding hydrogens is 450 g/mol. The van der Waals surface area contributed by atoms with Crippen molar-refractivity contribution in [1.82, 2.24) is 0 Å². The smallest absolute Gasteiger partial charge is 0.165 e. The highest BCUT2D eigenvalue weighted by Gasteiger charge is 2.14. The first kappa shape index (κ1) is 27.9. The van der Waals surface area contributed by atoms with Gasteiger partial charge in [0.05, 0.1) is 6.61 Å². The Labute approximate surface area is 216 Å². The van der Waals surface area contributed by atoms with Crippen LogP contribution in [0.1, 0.15) is 90.0 Å². The van der Waals surface area contributed by atoms with Gasteiger partial charge in [0.2, 0.25) is 0 Å². The third-order valence-corrected chi connectivity index (χ3v) is 6.82. The van der Waals surface area contributed by atoms with E-state index in [1.54, 1.807) is 12.1 Å². The average molecular weight is 493 g/mol. The summed E-state index contributed by atoms with van der Waals surface area (Å²) >= 11 is 0. The molecule has 36 heavy (non-hydrogen) atoms. The van der Waals surface area contributed by atoms with Crippen LogP contribution in [0.25, 0.3) is 22.3 Å². The van der Waals surface area contributed by atoms with E-state index in [0.29, 0.717) is 12.2 Å². The van der Waals surface area contributed by atoms with Crippen molar-refractivity contribution in [3.05, 3.63) is 77.9 Å². The molecular formula is C33H42F2O. The molecule has 0 saturated heterocycles. The second-order valence-corrected chi connectivity index (χ2v) is 9.79. The van der Waals surface area contributed by atoms with Gasteiger partial charge in [-0.25, -0.2) is 8.78 Å². The van der Waals surface area contributed by atoms with Crippen molar-refractivity contribution in [1.29, 1.82) is 0 Å². The van der Waals surface area contributed by atoms with Crippen LogP contribution >= 0.6 is 0 Å². The fourth-order valence-corrected chi connectivity index (χ4v) is 4.68. The topological polar surface area (TPSA) is 9.23 Å². The number of hydrogen-bond donors (Lipinski definition) is 0. The van der Waals surface area contributed by atoms with E-state index < -0.39 is 0 Å². The monoisotopic (exact) mass is 492 g/mol. The first-order valence-corrected chi connectivity index (χ1v) is 13.9. The Morgan fingerprint density at radius 1 is 0.583 bits per heavy atom. The summed E-state index contributed by atoms with van der Waals surface area (Å²) in [6.07, 6.45) is 13.9. The minimum atomic E-state index is -0.382. The van der Waals surface area contributed by atoms with Crippen molar-refractivity contribution in [3.63, 3.8) is 0 Å². The van der Waals surface area contributed by atoms with Gasteiger partial charge in [0.1, 0.15) is 5.82 Å². The Balaban J connectivity index is 1.67. The number of unbranched alkanes of at least 4 members (excludes halogenated alkanes) is 9. The van der Waals surface area contributed by atoms with Crippen LogP contribution in [0.2, 0.25) is 0 Å². The summed E-state index contributed by atoms with van der Waals surface area (Å²) < 4.78 is 35.8. The lowest BCUT2D eigenvalue weighted by atomic mass is 9.93. The zero-order valence-electron chi connectivity index (χ0n) is 22.1. The highest BCUT2D eigenvalue weighted by molar-refractivity contribution is 5.84. The minimum Gasteiger partial charge on any atom is -0.491 e. The van der Waals surface area contributed by atoms with Gasteiger partial charge >= 0.3 is 0 Å². The molecule has 3 aromatic rings. The normalized spacial score (nSPS) is 11.1. The molecule has 0 spiro atoms. The van der Waals surface area contributed by atoms with Crippen LogP contribution in [0.3, 0.4) is 0 Å². The molecule has 3 aromatic carbocycles. The maximum atomic E-state index is 15.2. The van der Waals surface area contributed by atoms with Crippen molar-refractivity contribution in [3.8, 4) is 28.0 Å². The molecule has 0 bridgehead atoms. The minimum absolute atomic E-state index is 0.229. The molecule has 0 radical (unpaired) electrons. The quantitative estimate of drug-likeness (QED) is 0.181. The fraction of sp³-hybridized carbons (Fsp3) is 0.455. The van der Waals surface area contributed by atoms with Gasteiger partial charge in [0.25, 0.3) is 0 Å². The Morgan fingerprint density at radius 3 is 1.94 bits per heavy atom. The van der Waals surface area contributed by atoms with Crippen molar-refractivity contribution in [2.45, 2.75) is 90.9 Å². The molecule has 0 atom stereocenters. The second-order valence-electron chi connectivity index (χ2n) is 9.79. The molecule has 0 aliphatic heterocycles. The molecule has 0 amide bonds. The molecule has 1 nitrogen and oxygen atoms in total. The van der Waals surface area contributed by atoms with E-state index >= 15 is 4.39 Å².